The lowest BCUT2D eigenvalue weighted by Gasteiger charge is -2.09. The fraction of sp³-hybridized carbons (Fsp3) is 0.300. The van der Waals surface area contributed by atoms with Crippen molar-refractivity contribution >= 4 is 17.6 Å². The minimum absolute atomic E-state index is 0.0602. The summed E-state index contributed by atoms with van der Waals surface area (Å²) in [5.41, 5.74) is 0.657. The number of rotatable bonds is 4. The summed E-state index contributed by atoms with van der Waals surface area (Å²) >= 11 is 5.50. The molecule has 2 N–H and O–H groups in total. The van der Waals surface area contributed by atoms with Crippen molar-refractivity contribution in [2.45, 2.75) is 19.5 Å². The van der Waals surface area contributed by atoms with Crippen LogP contribution in [0.4, 0.5) is 4.39 Å². The van der Waals surface area contributed by atoms with Gasteiger partial charge in [-0.3, -0.25) is 4.79 Å². The summed E-state index contributed by atoms with van der Waals surface area (Å²) in [5, 5.41) is 11.4. The van der Waals surface area contributed by atoms with Gasteiger partial charge in [0.1, 0.15) is 11.9 Å². The van der Waals surface area contributed by atoms with E-state index in [9.17, 15) is 9.18 Å². The molecule has 1 aromatic carbocycles. The molecule has 0 aliphatic rings. The Bertz CT molecular complexity index is 370. The molecule has 1 rings (SSSR count). The number of carboxylic acids is 1. The summed E-state index contributed by atoms with van der Waals surface area (Å²) in [7, 11) is 0. The molecule has 3 nitrogen and oxygen atoms in total. The number of aliphatic carboxylic acids is 1. The van der Waals surface area contributed by atoms with Crippen molar-refractivity contribution in [1.82, 2.24) is 5.32 Å². The molecule has 0 saturated heterocycles. The molecule has 0 aliphatic heterocycles. The largest absolute Gasteiger partial charge is 0.480 e. The Morgan fingerprint density at radius 3 is 2.87 bits per heavy atom. The van der Waals surface area contributed by atoms with Gasteiger partial charge in [0.15, 0.2) is 0 Å². The smallest absolute Gasteiger partial charge is 0.320 e. The van der Waals surface area contributed by atoms with E-state index in [2.05, 4.69) is 5.32 Å². The van der Waals surface area contributed by atoms with Crippen molar-refractivity contribution in [2.24, 2.45) is 0 Å². The third kappa shape index (κ3) is 3.49. The van der Waals surface area contributed by atoms with E-state index in [4.69, 9.17) is 16.7 Å². The maximum absolute atomic E-state index is 13.0. The Hall–Kier alpha value is -1.13. The first kappa shape index (κ1) is 11.9. The number of benzene rings is 1. The molecule has 0 aromatic heterocycles. The highest BCUT2D eigenvalue weighted by molar-refractivity contribution is 6.30. The molecule has 0 spiro atoms. The zero-order chi connectivity index (χ0) is 11.4. The predicted molar refractivity (Wildman–Crippen MR) is 55.3 cm³/mol. The van der Waals surface area contributed by atoms with Crippen LogP contribution in [0.25, 0.3) is 0 Å². The van der Waals surface area contributed by atoms with E-state index in [1.54, 1.807) is 6.07 Å². The lowest BCUT2D eigenvalue weighted by molar-refractivity contribution is -0.139. The summed E-state index contributed by atoms with van der Waals surface area (Å²) in [4.78, 5) is 10.5. The van der Waals surface area contributed by atoms with Gasteiger partial charge in [0.25, 0.3) is 0 Å². The second-order valence-corrected chi connectivity index (χ2v) is 3.60. The van der Waals surface area contributed by atoms with Gasteiger partial charge in [-0.05, 0) is 24.6 Å². The topological polar surface area (TPSA) is 49.3 Å². The van der Waals surface area contributed by atoms with E-state index in [1.165, 1.54) is 19.1 Å². The van der Waals surface area contributed by atoms with Crippen molar-refractivity contribution in [3.8, 4) is 0 Å². The molecular weight excluding hydrogens is 221 g/mol. The highest BCUT2D eigenvalue weighted by atomic mass is 35.5. The zero-order valence-electron chi connectivity index (χ0n) is 8.13. The average molecular weight is 232 g/mol. The molecule has 0 bridgehead atoms. The van der Waals surface area contributed by atoms with Gasteiger partial charge < -0.3 is 10.4 Å². The maximum Gasteiger partial charge on any atom is 0.320 e. The highest BCUT2D eigenvalue weighted by Crippen LogP contribution is 2.15. The second-order valence-electron chi connectivity index (χ2n) is 3.19. The van der Waals surface area contributed by atoms with Crippen LogP contribution >= 0.6 is 11.6 Å². The van der Waals surface area contributed by atoms with Gasteiger partial charge in [-0.2, -0.15) is 0 Å². The number of hydrogen-bond acceptors (Lipinski definition) is 2. The van der Waals surface area contributed by atoms with Crippen LogP contribution in [0.3, 0.4) is 0 Å². The number of hydrogen-bond donors (Lipinski definition) is 2. The Kier molecular flexibility index (Phi) is 4.05. The predicted octanol–water partition coefficient (Wildman–Crippen LogP) is 2.04. The molecule has 0 saturated carbocycles. The fourth-order valence-electron chi connectivity index (χ4n) is 1.01. The van der Waals surface area contributed by atoms with Gasteiger partial charge >= 0.3 is 5.97 Å². The van der Waals surface area contributed by atoms with Crippen LogP contribution in [0.1, 0.15) is 12.5 Å². The minimum atomic E-state index is -0.940. The highest BCUT2D eigenvalue weighted by Gasteiger charge is 2.09. The number of nitrogens with one attached hydrogen (secondary N) is 1. The fourth-order valence-corrected chi connectivity index (χ4v) is 1.13. The first-order valence-corrected chi connectivity index (χ1v) is 4.78. The van der Waals surface area contributed by atoms with E-state index in [1.807, 2.05) is 0 Å². The van der Waals surface area contributed by atoms with Crippen LogP contribution in [0.15, 0.2) is 18.2 Å². The lowest BCUT2D eigenvalue weighted by Crippen LogP contribution is -2.33. The SMILES string of the molecule is C[C@H](NCc1ccc(Cl)c(F)c1)C(=O)O. The van der Waals surface area contributed by atoms with Crippen molar-refractivity contribution in [3.05, 3.63) is 34.6 Å². The molecular formula is C10H11ClFNO2. The molecule has 15 heavy (non-hydrogen) atoms. The van der Waals surface area contributed by atoms with Gasteiger partial charge in [-0.15, -0.1) is 0 Å². The van der Waals surface area contributed by atoms with Gasteiger partial charge in [0, 0.05) is 6.54 Å². The average Bonchev–Trinajstić information content (AvgIpc) is 2.19. The first-order chi connectivity index (χ1) is 7.00. The van der Waals surface area contributed by atoms with Crippen molar-refractivity contribution < 1.29 is 14.3 Å². The molecule has 5 heteroatoms. The van der Waals surface area contributed by atoms with Crippen molar-refractivity contribution in [2.75, 3.05) is 0 Å². The van der Waals surface area contributed by atoms with Crippen molar-refractivity contribution in [1.29, 1.82) is 0 Å². The first-order valence-electron chi connectivity index (χ1n) is 4.41. The van der Waals surface area contributed by atoms with E-state index in [0.29, 0.717) is 12.1 Å². The lowest BCUT2D eigenvalue weighted by atomic mass is 10.2. The van der Waals surface area contributed by atoms with Gasteiger partial charge in [-0.25, -0.2) is 4.39 Å². The summed E-state index contributed by atoms with van der Waals surface area (Å²) in [6.45, 7) is 1.82. The Balaban J connectivity index is 2.58. The standard InChI is InChI=1S/C10H11ClFNO2/c1-6(10(14)15)13-5-7-2-3-8(11)9(12)4-7/h2-4,6,13H,5H2,1H3,(H,14,15)/t6-/m0/s1. The molecule has 0 heterocycles. The van der Waals surface area contributed by atoms with E-state index >= 15 is 0 Å². The minimum Gasteiger partial charge on any atom is -0.480 e. The monoisotopic (exact) mass is 231 g/mol. The molecule has 0 amide bonds. The number of carboxylic acid groups (broad SMARTS) is 1. The molecule has 0 aliphatic carbocycles. The van der Waals surface area contributed by atoms with E-state index < -0.39 is 17.8 Å². The van der Waals surface area contributed by atoms with Gasteiger partial charge in [-0.1, -0.05) is 17.7 Å². The summed E-state index contributed by atoms with van der Waals surface area (Å²) in [5.74, 6) is -1.44. The number of carbonyl (C=O) groups is 1. The van der Waals surface area contributed by atoms with E-state index in [0.717, 1.165) is 0 Å². The normalized spacial score (nSPS) is 12.5. The van der Waals surface area contributed by atoms with Crippen LogP contribution in [0, 0.1) is 5.82 Å². The molecule has 0 unspecified atom stereocenters. The molecule has 82 valence electrons. The zero-order valence-corrected chi connectivity index (χ0v) is 8.88. The van der Waals surface area contributed by atoms with Gasteiger partial charge in [0.2, 0.25) is 0 Å². The summed E-state index contributed by atoms with van der Waals surface area (Å²) in [6, 6.07) is 3.71. The molecule has 1 aromatic rings. The second kappa shape index (κ2) is 5.09. The molecule has 0 radical (unpaired) electrons. The van der Waals surface area contributed by atoms with E-state index in [-0.39, 0.29) is 5.02 Å². The Morgan fingerprint density at radius 1 is 1.67 bits per heavy atom. The number of halogens is 2. The molecule has 1 atom stereocenters. The van der Waals surface area contributed by atoms with Crippen LogP contribution in [-0.4, -0.2) is 17.1 Å². The van der Waals surface area contributed by atoms with Crippen molar-refractivity contribution in [3.63, 3.8) is 0 Å². The maximum atomic E-state index is 13.0. The third-order valence-corrected chi connectivity index (χ3v) is 2.27. The molecule has 0 fully saturated rings. The summed E-state index contributed by atoms with van der Waals surface area (Å²) in [6.07, 6.45) is 0. The Morgan fingerprint density at radius 2 is 2.33 bits per heavy atom. The van der Waals surface area contributed by atoms with Crippen LogP contribution in [-0.2, 0) is 11.3 Å². The van der Waals surface area contributed by atoms with Gasteiger partial charge in [0.05, 0.1) is 5.02 Å². The quantitative estimate of drug-likeness (QED) is 0.834. The summed E-state index contributed by atoms with van der Waals surface area (Å²) < 4.78 is 13.0. The van der Waals surface area contributed by atoms with Crippen LogP contribution in [0.5, 0.6) is 0 Å². The van der Waals surface area contributed by atoms with Crippen LogP contribution in [0.2, 0.25) is 5.02 Å². The third-order valence-electron chi connectivity index (χ3n) is 1.97. The van der Waals surface area contributed by atoms with Crippen LogP contribution < -0.4 is 5.32 Å². The Labute approximate surface area is 91.9 Å².